The smallest absolute Gasteiger partial charge is 0.328 e. The van der Waals surface area contributed by atoms with E-state index in [0.29, 0.717) is 11.3 Å². The van der Waals surface area contributed by atoms with Crippen LogP contribution in [0.15, 0.2) is 95.9 Å². The van der Waals surface area contributed by atoms with Crippen LogP contribution in [-0.4, -0.2) is 73.0 Å². The van der Waals surface area contributed by atoms with Crippen molar-refractivity contribution in [2.24, 2.45) is 5.73 Å². The molecule has 0 spiro atoms. The average Bonchev–Trinajstić information content (AvgIpc) is 2.93. The van der Waals surface area contributed by atoms with Gasteiger partial charge in [0.15, 0.2) is 6.61 Å². The molecule has 2 amide bonds. The Hall–Kier alpha value is -3.73. The van der Waals surface area contributed by atoms with Gasteiger partial charge in [-0.05, 0) is 29.8 Å². The van der Waals surface area contributed by atoms with Gasteiger partial charge in [-0.1, -0.05) is 66.7 Å². The van der Waals surface area contributed by atoms with Crippen LogP contribution in [0.4, 0.5) is 0 Å². The normalized spacial score (nSPS) is 20.7. The van der Waals surface area contributed by atoms with Crippen LogP contribution in [0.3, 0.4) is 0 Å². The zero-order valence-electron chi connectivity index (χ0n) is 20.2. The maximum Gasteiger partial charge on any atom is 0.328 e. The fourth-order valence-corrected chi connectivity index (χ4v) is 6.76. The van der Waals surface area contributed by atoms with Gasteiger partial charge in [0.1, 0.15) is 29.8 Å². The van der Waals surface area contributed by atoms with Crippen molar-refractivity contribution >= 4 is 21.8 Å². The summed E-state index contributed by atoms with van der Waals surface area (Å²) in [5.74, 6) is -0.753. The monoisotopic (exact) mass is 524 g/mol. The number of nitrogens with zero attached hydrogens (tertiary/aromatic N) is 2. The van der Waals surface area contributed by atoms with Crippen molar-refractivity contribution in [1.29, 1.82) is 0 Å². The van der Waals surface area contributed by atoms with E-state index < -0.39 is 37.9 Å². The molecule has 194 valence electrons. The van der Waals surface area contributed by atoms with Gasteiger partial charge in [-0.25, -0.2) is 0 Å². The van der Waals surface area contributed by atoms with Gasteiger partial charge < -0.3 is 20.5 Å². The van der Waals surface area contributed by atoms with Crippen LogP contribution < -0.4 is 10.5 Å². The minimum atomic E-state index is -4.22. The van der Waals surface area contributed by atoms with Gasteiger partial charge in [-0.3, -0.25) is 9.59 Å². The van der Waals surface area contributed by atoms with Gasteiger partial charge in [0, 0.05) is 0 Å². The van der Waals surface area contributed by atoms with Gasteiger partial charge >= 0.3 is 10.0 Å². The zero-order valence-corrected chi connectivity index (χ0v) is 21.0. The summed E-state index contributed by atoms with van der Waals surface area (Å²) in [4.78, 5) is 27.2. The fourth-order valence-electron chi connectivity index (χ4n) is 4.68. The van der Waals surface area contributed by atoms with E-state index in [4.69, 9.17) is 10.5 Å². The predicted molar refractivity (Wildman–Crippen MR) is 137 cm³/mol. The number of benzene rings is 3. The van der Waals surface area contributed by atoms with Crippen molar-refractivity contribution in [2.75, 3.05) is 32.8 Å². The molecule has 1 heterocycles. The van der Waals surface area contributed by atoms with Crippen molar-refractivity contribution in [3.63, 3.8) is 0 Å². The number of quaternary nitrogens is 1. The molecule has 1 fully saturated rings. The summed E-state index contributed by atoms with van der Waals surface area (Å²) in [7, 11) is -4.22. The van der Waals surface area contributed by atoms with Crippen molar-refractivity contribution in [3.05, 3.63) is 96.6 Å². The number of sulfonamides is 1. The number of hydrogen-bond acceptors (Lipinski definition) is 6. The number of primary amides is 1. The number of rotatable bonds is 9. The van der Waals surface area contributed by atoms with Crippen LogP contribution in [0.25, 0.3) is 0 Å². The molecular formula is C27H30N3O6S+. The quantitative estimate of drug-likeness (QED) is 0.410. The van der Waals surface area contributed by atoms with E-state index in [2.05, 4.69) is 0 Å². The van der Waals surface area contributed by atoms with Gasteiger partial charge in [0.2, 0.25) is 6.04 Å². The lowest BCUT2D eigenvalue weighted by Gasteiger charge is -2.47. The number of carbonyl (C=O) groups is 2. The van der Waals surface area contributed by atoms with E-state index in [1.807, 2.05) is 6.07 Å². The van der Waals surface area contributed by atoms with Crippen molar-refractivity contribution in [1.82, 2.24) is 4.90 Å². The number of para-hydroxylation sites is 1. The van der Waals surface area contributed by atoms with Crippen LogP contribution >= 0.6 is 0 Å². The second-order valence-corrected chi connectivity index (χ2v) is 11.1. The maximum atomic E-state index is 14.1. The molecule has 9 nitrogen and oxygen atoms in total. The highest BCUT2D eigenvalue weighted by atomic mass is 32.2. The van der Waals surface area contributed by atoms with Crippen LogP contribution in [0.5, 0.6) is 5.75 Å². The Kier molecular flexibility index (Phi) is 7.91. The summed E-state index contributed by atoms with van der Waals surface area (Å²) in [5, 5.41) is 11.1. The lowest BCUT2D eigenvalue weighted by molar-refractivity contribution is -0.832. The topological polar surface area (TPSA) is 127 Å². The molecule has 3 unspecified atom stereocenters. The molecule has 3 aromatic carbocycles. The summed E-state index contributed by atoms with van der Waals surface area (Å²) < 4.78 is 33.0. The molecule has 1 aliphatic rings. The number of carbonyl (C=O) groups excluding carboxylic acids is 2. The summed E-state index contributed by atoms with van der Waals surface area (Å²) >= 11 is 0. The molecule has 3 aromatic rings. The first kappa shape index (κ1) is 26.3. The third kappa shape index (κ3) is 5.51. The van der Waals surface area contributed by atoms with E-state index >= 15 is 0 Å². The number of piperazine rings is 1. The maximum absolute atomic E-state index is 14.1. The molecule has 37 heavy (non-hydrogen) atoms. The van der Waals surface area contributed by atoms with Crippen LogP contribution in [0, 0.1) is 0 Å². The van der Waals surface area contributed by atoms with E-state index in [1.54, 1.807) is 72.8 Å². The Balaban J connectivity index is 1.66. The van der Waals surface area contributed by atoms with Crippen molar-refractivity contribution in [3.8, 4) is 5.75 Å². The van der Waals surface area contributed by atoms with E-state index in [0.717, 1.165) is 0 Å². The first-order chi connectivity index (χ1) is 17.7. The van der Waals surface area contributed by atoms with E-state index in [1.165, 1.54) is 17.0 Å². The molecule has 10 heteroatoms. The second kappa shape index (κ2) is 11.1. The summed E-state index contributed by atoms with van der Waals surface area (Å²) in [6.45, 7) is -0.898. The molecule has 0 radical (unpaired) electrons. The Morgan fingerprint density at radius 2 is 1.54 bits per heavy atom. The molecular weight excluding hydrogens is 494 g/mol. The highest BCUT2D eigenvalue weighted by Gasteiger charge is 2.56. The lowest BCUT2D eigenvalue weighted by Crippen LogP contribution is -2.72. The zero-order chi connectivity index (χ0) is 26.5. The molecule has 1 saturated heterocycles. The van der Waals surface area contributed by atoms with Crippen LogP contribution in [-0.2, 0) is 19.6 Å². The van der Waals surface area contributed by atoms with Crippen molar-refractivity contribution < 1.29 is 31.7 Å². The predicted octanol–water partition coefficient (Wildman–Crippen LogP) is 1.70. The number of hydrogen-bond donors (Lipinski definition) is 2. The molecule has 0 aromatic heterocycles. The molecule has 1 aliphatic heterocycles. The van der Waals surface area contributed by atoms with E-state index in [-0.39, 0.29) is 37.7 Å². The average molecular weight is 525 g/mol. The molecule has 3 atom stereocenters. The van der Waals surface area contributed by atoms with Gasteiger partial charge in [0.05, 0.1) is 13.1 Å². The Bertz CT molecular complexity index is 1320. The molecule has 0 bridgehead atoms. The third-order valence-corrected chi connectivity index (χ3v) is 9.09. The first-order valence-corrected chi connectivity index (χ1v) is 13.3. The summed E-state index contributed by atoms with van der Waals surface area (Å²) in [6, 6.07) is 23.9. The van der Waals surface area contributed by atoms with Crippen LogP contribution in [0.2, 0.25) is 0 Å². The molecule has 0 saturated carbocycles. The van der Waals surface area contributed by atoms with Crippen LogP contribution in [0.1, 0.15) is 11.7 Å². The highest BCUT2D eigenvalue weighted by molar-refractivity contribution is 7.86. The molecule has 3 N–H and O–H groups in total. The number of nitrogens with two attached hydrogens (primary N) is 1. The number of amides is 2. The van der Waals surface area contributed by atoms with E-state index in [9.17, 15) is 23.1 Å². The van der Waals surface area contributed by atoms with Crippen molar-refractivity contribution in [2.45, 2.75) is 17.0 Å². The Morgan fingerprint density at radius 3 is 2.14 bits per heavy atom. The first-order valence-electron chi connectivity index (χ1n) is 11.9. The van der Waals surface area contributed by atoms with Gasteiger partial charge in [-0.2, -0.15) is 12.3 Å². The molecule has 0 aliphatic carbocycles. The summed E-state index contributed by atoms with van der Waals surface area (Å²) in [5.41, 5.74) is 6.30. The minimum Gasteiger partial charge on any atom is -0.484 e. The largest absolute Gasteiger partial charge is 0.484 e. The van der Waals surface area contributed by atoms with Gasteiger partial charge in [-0.15, -0.1) is 0 Å². The highest BCUT2D eigenvalue weighted by Crippen LogP contribution is 2.34. The summed E-state index contributed by atoms with van der Waals surface area (Å²) in [6.07, 6.45) is -1.19. The second-order valence-electron chi connectivity index (χ2n) is 8.93. The third-order valence-electron chi connectivity index (χ3n) is 6.68. The molecule has 4 rings (SSSR count). The SMILES string of the molecule is NC(=O)C1CN(C(=O)COc2ccccc2)CC[N+]1(CC(O)c1ccccc1)S(=O)(=O)c1ccccc1. The number of aliphatic hydroxyl groups excluding tert-OH is 1. The Morgan fingerprint density at radius 1 is 0.973 bits per heavy atom. The Labute approximate surface area is 216 Å². The number of aliphatic hydroxyl groups is 1. The van der Waals surface area contributed by atoms with Gasteiger partial charge in [0.25, 0.3) is 11.8 Å². The fraction of sp³-hybridized carbons (Fsp3) is 0.259. The minimum absolute atomic E-state index is 0.00805. The lowest BCUT2D eigenvalue weighted by atomic mass is 10.1. The standard InChI is InChI=1S/C27H29N3O6S/c28-27(33)24-18-29(26(32)20-36-22-12-6-2-7-13-22)16-17-30(24,19-25(31)21-10-4-1-5-11-21)37(34,35)23-14-8-3-9-15-23/h1-15,24-25,31H,16-20H2,(H-,28,33)/p+1. The number of ether oxygens (including phenoxy) is 1.